The van der Waals surface area contributed by atoms with Crippen LogP contribution in [0.25, 0.3) is 0 Å². The molecule has 0 aliphatic carbocycles. The first-order valence-corrected chi connectivity index (χ1v) is 6.51. The number of imide groups is 1. The number of nitrogens with zero attached hydrogens (tertiary/aromatic N) is 1. The fourth-order valence-electron chi connectivity index (χ4n) is 2.51. The van der Waals surface area contributed by atoms with Crippen LogP contribution >= 0.6 is 0 Å². The van der Waals surface area contributed by atoms with E-state index >= 15 is 0 Å². The number of carbonyl (C=O) groups excluding carboxylic acids is 2. The molecule has 1 aromatic rings. The van der Waals surface area contributed by atoms with Crippen LogP contribution in [-0.4, -0.2) is 23.3 Å². The molecule has 0 saturated heterocycles. The molecule has 1 aromatic carbocycles. The van der Waals surface area contributed by atoms with Crippen molar-refractivity contribution in [2.24, 2.45) is 5.92 Å². The summed E-state index contributed by atoms with van der Waals surface area (Å²) in [5.74, 6) is -0.130. The Kier molecular flexibility index (Phi) is 3.12. The van der Waals surface area contributed by atoms with Gasteiger partial charge in [0.05, 0.1) is 5.41 Å². The summed E-state index contributed by atoms with van der Waals surface area (Å²) in [5.41, 5.74) is 6.92. The van der Waals surface area contributed by atoms with Crippen molar-refractivity contribution < 1.29 is 9.59 Å². The topological polar surface area (TPSA) is 63.4 Å². The van der Waals surface area contributed by atoms with Gasteiger partial charge < -0.3 is 5.73 Å². The quantitative estimate of drug-likeness (QED) is 0.655. The summed E-state index contributed by atoms with van der Waals surface area (Å²) in [7, 11) is 0. The van der Waals surface area contributed by atoms with Crippen LogP contribution < -0.4 is 5.73 Å². The molecule has 4 nitrogen and oxygen atoms in total. The zero-order valence-corrected chi connectivity index (χ0v) is 11.9. The molecule has 19 heavy (non-hydrogen) atoms. The number of amides is 2. The Morgan fingerprint density at radius 1 is 1.26 bits per heavy atom. The summed E-state index contributed by atoms with van der Waals surface area (Å²) < 4.78 is 0. The molecule has 1 aliphatic rings. The molecule has 1 aliphatic heterocycles. The Hall–Kier alpha value is -1.84. The van der Waals surface area contributed by atoms with Crippen molar-refractivity contribution in [3.8, 4) is 0 Å². The molecule has 102 valence electrons. The predicted molar refractivity (Wildman–Crippen MR) is 74.8 cm³/mol. The molecular weight excluding hydrogens is 240 g/mol. The third-order valence-electron chi connectivity index (χ3n) is 3.52. The standard InChI is InChI=1S/C15H20N2O2/c1-9(2)8-17-13(18)11-7-10(16)5-6-12(11)15(3,4)14(17)19/h5-7,9H,8,16H2,1-4H3. The number of carbonyl (C=O) groups is 2. The van der Waals surface area contributed by atoms with E-state index < -0.39 is 5.41 Å². The molecule has 0 spiro atoms. The van der Waals surface area contributed by atoms with Crippen LogP contribution in [0.1, 0.15) is 43.6 Å². The second-order valence-corrected chi connectivity index (χ2v) is 6.04. The van der Waals surface area contributed by atoms with Gasteiger partial charge in [0.15, 0.2) is 0 Å². The zero-order chi connectivity index (χ0) is 14.4. The third kappa shape index (κ3) is 2.11. The molecule has 0 saturated carbocycles. The molecule has 2 rings (SSSR count). The van der Waals surface area contributed by atoms with E-state index in [0.29, 0.717) is 17.8 Å². The van der Waals surface area contributed by atoms with Crippen LogP contribution in [0.15, 0.2) is 18.2 Å². The second-order valence-electron chi connectivity index (χ2n) is 6.04. The first-order valence-electron chi connectivity index (χ1n) is 6.51. The zero-order valence-electron chi connectivity index (χ0n) is 11.9. The molecule has 0 radical (unpaired) electrons. The van der Waals surface area contributed by atoms with Gasteiger partial charge in [0, 0.05) is 17.8 Å². The van der Waals surface area contributed by atoms with Gasteiger partial charge in [-0.3, -0.25) is 14.5 Å². The lowest BCUT2D eigenvalue weighted by Gasteiger charge is -2.38. The highest BCUT2D eigenvalue weighted by Gasteiger charge is 2.44. The van der Waals surface area contributed by atoms with E-state index in [-0.39, 0.29) is 17.7 Å². The number of fused-ring (bicyclic) bond motifs is 1. The molecule has 0 bridgehead atoms. The monoisotopic (exact) mass is 260 g/mol. The van der Waals surface area contributed by atoms with Crippen LogP contribution in [0, 0.1) is 5.92 Å². The van der Waals surface area contributed by atoms with E-state index in [9.17, 15) is 9.59 Å². The second kappa shape index (κ2) is 4.37. The van der Waals surface area contributed by atoms with Gasteiger partial charge in [0.2, 0.25) is 5.91 Å². The molecule has 0 aromatic heterocycles. The van der Waals surface area contributed by atoms with Crippen LogP contribution in [0.3, 0.4) is 0 Å². The van der Waals surface area contributed by atoms with Crippen molar-refractivity contribution in [3.63, 3.8) is 0 Å². The number of hydrogen-bond donors (Lipinski definition) is 1. The van der Waals surface area contributed by atoms with Crippen LogP contribution in [-0.2, 0) is 10.2 Å². The summed E-state index contributed by atoms with van der Waals surface area (Å²) in [6.07, 6.45) is 0. The van der Waals surface area contributed by atoms with Crippen LogP contribution in [0.2, 0.25) is 0 Å². The van der Waals surface area contributed by atoms with Crippen molar-refractivity contribution in [2.45, 2.75) is 33.1 Å². The van der Waals surface area contributed by atoms with Crippen molar-refractivity contribution in [3.05, 3.63) is 29.3 Å². The molecular formula is C15H20N2O2. The Morgan fingerprint density at radius 3 is 2.47 bits per heavy atom. The van der Waals surface area contributed by atoms with Gasteiger partial charge in [-0.15, -0.1) is 0 Å². The Morgan fingerprint density at radius 2 is 1.89 bits per heavy atom. The maximum absolute atomic E-state index is 12.5. The molecule has 0 unspecified atom stereocenters. The summed E-state index contributed by atoms with van der Waals surface area (Å²) in [4.78, 5) is 26.3. The van der Waals surface area contributed by atoms with Gasteiger partial charge in [0.1, 0.15) is 0 Å². The van der Waals surface area contributed by atoms with Crippen molar-refractivity contribution in [1.82, 2.24) is 4.90 Å². The third-order valence-corrected chi connectivity index (χ3v) is 3.52. The summed E-state index contributed by atoms with van der Waals surface area (Å²) in [6, 6.07) is 5.19. The lowest BCUT2D eigenvalue weighted by molar-refractivity contribution is -0.134. The van der Waals surface area contributed by atoms with Crippen molar-refractivity contribution >= 4 is 17.5 Å². The van der Waals surface area contributed by atoms with Crippen LogP contribution in [0.4, 0.5) is 5.69 Å². The Bertz CT molecular complexity index is 547. The Labute approximate surface area is 113 Å². The molecule has 0 fully saturated rings. The lowest BCUT2D eigenvalue weighted by atomic mass is 9.77. The molecule has 2 N–H and O–H groups in total. The summed E-state index contributed by atoms with van der Waals surface area (Å²) in [5, 5.41) is 0. The van der Waals surface area contributed by atoms with Gasteiger partial charge in [-0.2, -0.15) is 0 Å². The molecule has 0 atom stereocenters. The number of anilines is 1. The SMILES string of the molecule is CC(C)CN1C(=O)c2cc(N)ccc2C(C)(C)C1=O. The summed E-state index contributed by atoms with van der Waals surface area (Å²) in [6.45, 7) is 8.12. The predicted octanol–water partition coefficient (Wildman–Crippen LogP) is 2.18. The van der Waals surface area contributed by atoms with Gasteiger partial charge in [-0.1, -0.05) is 19.9 Å². The largest absolute Gasteiger partial charge is 0.399 e. The fourth-order valence-corrected chi connectivity index (χ4v) is 2.51. The molecule has 2 amide bonds. The van der Waals surface area contributed by atoms with Gasteiger partial charge in [-0.25, -0.2) is 0 Å². The number of nitrogen functional groups attached to an aromatic ring is 1. The highest BCUT2D eigenvalue weighted by Crippen LogP contribution is 2.35. The van der Waals surface area contributed by atoms with E-state index in [2.05, 4.69) is 0 Å². The summed E-state index contributed by atoms with van der Waals surface area (Å²) >= 11 is 0. The average Bonchev–Trinajstić information content (AvgIpc) is 2.32. The minimum Gasteiger partial charge on any atom is -0.399 e. The van der Waals surface area contributed by atoms with E-state index in [0.717, 1.165) is 5.56 Å². The van der Waals surface area contributed by atoms with E-state index in [1.165, 1.54) is 4.90 Å². The Balaban J connectivity index is 2.58. The number of rotatable bonds is 2. The van der Waals surface area contributed by atoms with Gasteiger partial charge in [-0.05, 0) is 37.5 Å². The molecule has 4 heteroatoms. The van der Waals surface area contributed by atoms with E-state index in [4.69, 9.17) is 5.73 Å². The van der Waals surface area contributed by atoms with Crippen molar-refractivity contribution in [2.75, 3.05) is 12.3 Å². The minimum absolute atomic E-state index is 0.136. The smallest absolute Gasteiger partial charge is 0.260 e. The van der Waals surface area contributed by atoms with Gasteiger partial charge >= 0.3 is 0 Å². The van der Waals surface area contributed by atoms with Crippen LogP contribution in [0.5, 0.6) is 0 Å². The first-order chi connectivity index (χ1) is 8.75. The molecule has 1 heterocycles. The number of hydrogen-bond acceptors (Lipinski definition) is 3. The number of nitrogens with two attached hydrogens (primary N) is 1. The highest BCUT2D eigenvalue weighted by molar-refractivity contribution is 6.13. The normalized spacial score (nSPS) is 17.8. The lowest BCUT2D eigenvalue weighted by Crippen LogP contribution is -2.52. The number of benzene rings is 1. The van der Waals surface area contributed by atoms with E-state index in [1.807, 2.05) is 27.7 Å². The van der Waals surface area contributed by atoms with Gasteiger partial charge in [0.25, 0.3) is 5.91 Å². The first kappa shape index (κ1) is 13.6. The maximum Gasteiger partial charge on any atom is 0.260 e. The fraction of sp³-hybridized carbons (Fsp3) is 0.467. The van der Waals surface area contributed by atoms with E-state index in [1.54, 1.807) is 18.2 Å². The highest BCUT2D eigenvalue weighted by atomic mass is 16.2. The maximum atomic E-state index is 12.5. The minimum atomic E-state index is -0.689. The van der Waals surface area contributed by atoms with Crippen molar-refractivity contribution in [1.29, 1.82) is 0 Å². The average molecular weight is 260 g/mol.